The SMILES string of the molecule is Clc1ccc([C@@H]2NCCc3c2[nH]c2ccccc32)c(Cl)c1. The monoisotopic (exact) mass is 316 g/mol. The second-order valence-corrected chi connectivity index (χ2v) is 6.21. The quantitative estimate of drug-likeness (QED) is 0.668. The largest absolute Gasteiger partial charge is 0.357 e. The molecule has 0 unspecified atom stereocenters. The zero-order chi connectivity index (χ0) is 14.4. The van der Waals surface area contributed by atoms with Crippen molar-refractivity contribution in [2.24, 2.45) is 0 Å². The molecule has 0 fully saturated rings. The van der Waals surface area contributed by atoms with Gasteiger partial charge in [-0.2, -0.15) is 0 Å². The second-order valence-electron chi connectivity index (χ2n) is 5.37. The predicted molar refractivity (Wildman–Crippen MR) is 88.3 cm³/mol. The molecule has 0 saturated carbocycles. The van der Waals surface area contributed by atoms with Crippen molar-refractivity contribution >= 4 is 34.1 Å². The maximum absolute atomic E-state index is 6.39. The average molecular weight is 317 g/mol. The molecule has 1 aliphatic rings. The molecule has 1 atom stereocenters. The standard InChI is InChI=1S/C17H14Cl2N2/c18-10-5-6-13(14(19)9-10)16-17-12(7-8-20-16)11-3-1-2-4-15(11)21-17/h1-6,9,16,20-21H,7-8H2/t16-/m0/s1. The highest BCUT2D eigenvalue weighted by atomic mass is 35.5. The summed E-state index contributed by atoms with van der Waals surface area (Å²) in [5.41, 5.74) is 4.85. The van der Waals surface area contributed by atoms with Gasteiger partial charge in [0.05, 0.1) is 6.04 Å². The average Bonchev–Trinajstić information content (AvgIpc) is 2.86. The van der Waals surface area contributed by atoms with E-state index in [1.807, 2.05) is 12.1 Å². The van der Waals surface area contributed by atoms with E-state index in [0.29, 0.717) is 10.0 Å². The third kappa shape index (κ3) is 2.15. The molecule has 21 heavy (non-hydrogen) atoms. The zero-order valence-electron chi connectivity index (χ0n) is 11.3. The van der Waals surface area contributed by atoms with E-state index >= 15 is 0 Å². The summed E-state index contributed by atoms with van der Waals surface area (Å²) in [6, 6.07) is 14.2. The van der Waals surface area contributed by atoms with Gasteiger partial charge in [0.1, 0.15) is 0 Å². The highest BCUT2D eigenvalue weighted by Gasteiger charge is 2.26. The first kappa shape index (κ1) is 13.2. The third-order valence-electron chi connectivity index (χ3n) is 4.13. The Morgan fingerprint density at radius 3 is 2.76 bits per heavy atom. The van der Waals surface area contributed by atoms with Gasteiger partial charge in [0, 0.05) is 33.2 Å². The van der Waals surface area contributed by atoms with Crippen molar-refractivity contribution in [2.75, 3.05) is 6.54 Å². The van der Waals surface area contributed by atoms with Crippen molar-refractivity contribution in [2.45, 2.75) is 12.5 Å². The number of aromatic amines is 1. The number of hydrogen-bond acceptors (Lipinski definition) is 1. The van der Waals surface area contributed by atoms with Crippen LogP contribution < -0.4 is 5.32 Å². The van der Waals surface area contributed by atoms with Crippen LogP contribution in [-0.2, 0) is 6.42 Å². The van der Waals surface area contributed by atoms with E-state index in [4.69, 9.17) is 23.2 Å². The third-order valence-corrected chi connectivity index (χ3v) is 4.69. The Hall–Kier alpha value is -1.48. The summed E-state index contributed by atoms with van der Waals surface area (Å²) >= 11 is 12.4. The number of rotatable bonds is 1. The molecule has 0 saturated heterocycles. The van der Waals surface area contributed by atoms with Crippen LogP contribution in [0.5, 0.6) is 0 Å². The Bertz CT molecular complexity index is 823. The molecule has 1 aliphatic heterocycles. The van der Waals surface area contributed by atoms with Crippen LogP contribution in [0.15, 0.2) is 42.5 Å². The van der Waals surface area contributed by atoms with Crippen LogP contribution in [-0.4, -0.2) is 11.5 Å². The van der Waals surface area contributed by atoms with E-state index < -0.39 is 0 Å². The molecule has 2 aromatic carbocycles. The van der Waals surface area contributed by atoms with Crippen LogP contribution in [0, 0.1) is 0 Å². The van der Waals surface area contributed by atoms with Crippen LogP contribution in [0.3, 0.4) is 0 Å². The van der Waals surface area contributed by atoms with Crippen molar-refractivity contribution in [3.8, 4) is 0 Å². The van der Waals surface area contributed by atoms with E-state index in [1.54, 1.807) is 6.07 Å². The van der Waals surface area contributed by atoms with E-state index in [1.165, 1.54) is 22.2 Å². The number of benzene rings is 2. The number of aromatic nitrogens is 1. The molecule has 2 heterocycles. The normalized spacial score (nSPS) is 17.9. The zero-order valence-corrected chi connectivity index (χ0v) is 12.8. The topological polar surface area (TPSA) is 27.8 Å². The number of H-pyrrole nitrogens is 1. The molecule has 3 aromatic rings. The molecule has 2 nitrogen and oxygen atoms in total. The molecule has 4 rings (SSSR count). The maximum atomic E-state index is 6.39. The smallest absolute Gasteiger partial charge is 0.0746 e. The molecule has 1 aromatic heterocycles. The first-order chi connectivity index (χ1) is 10.2. The minimum absolute atomic E-state index is 0.0888. The van der Waals surface area contributed by atoms with Crippen LogP contribution in [0.4, 0.5) is 0 Å². The summed E-state index contributed by atoms with van der Waals surface area (Å²) in [5, 5.41) is 6.23. The molecule has 2 N–H and O–H groups in total. The maximum Gasteiger partial charge on any atom is 0.0746 e. The molecule has 0 aliphatic carbocycles. The number of nitrogens with one attached hydrogen (secondary N) is 2. The van der Waals surface area contributed by atoms with Crippen LogP contribution in [0.25, 0.3) is 10.9 Å². The molecular weight excluding hydrogens is 303 g/mol. The van der Waals surface area contributed by atoms with Crippen molar-refractivity contribution in [1.82, 2.24) is 10.3 Å². The highest BCUT2D eigenvalue weighted by molar-refractivity contribution is 6.35. The summed E-state index contributed by atoms with van der Waals surface area (Å²) < 4.78 is 0. The van der Waals surface area contributed by atoms with Gasteiger partial charge in [-0.05, 0) is 35.7 Å². The van der Waals surface area contributed by atoms with Gasteiger partial charge in [-0.15, -0.1) is 0 Å². The van der Waals surface area contributed by atoms with Crippen molar-refractivity contribution < 1.29 is 0 Å². The number of halogens is 2. The Labute approximate surface area is 133 Å². The van der Waals surface area contributed by atoms with Gasteiger partial charge in [0.2, 0.25) is 0 Å². The molecular formula is C17H14Cl2N2. The van der Waals surface area contributed by atoms with Gasteiger partial charge in [-0.1, -0.05) is 47.5 Å². The second kappa shape index (κ2) is 5.06. The van der Waals surface area contributed by atoms with E-state index in [2.05, 4.69) is 34.6 Å². The Kier molecular flexibility index (Phi) is 3.18. The van der Waals surface area contributed by atoms with Gasteiger partial charge in [0.25, 0.3) is 0 Å². The Balaban J connectivity index is 1.90. The van der Waals surface area contributed by atoms with Crippen molar-refractivity contribution in [1.29, 1.82) is 0 Å². The van der Waals surface area contributed by atoms with E-state index in [9.17, 15) is 0 Å². The minimum atomic E-state index is 0.0888. The molecule has 0 radical (unpaired) electrons. The summed E-state index contributed by atoms with van der Waals surface area (Å²) in [4.78, 5) is 3.55. The number of para-hydroxylation sites is 1. The molecule has 0 amide bonds. The Morgan fingerprint density at radius 1 is 1.05 bits per heavy atom. The fourth-order valence-electron chi connectivity index (χ4n) is 3.18. The highest BCUT2D eigenvalue weighted by Crippen LogP contribution is 2.36. The lowest BCUT2D eigenvalue weighted by Crippen LogP contribution is -2.30. The summed E-state index contributed by atoms with van der Waals surface area (Å²) in [6.07, 6.45) is 1.03. The lowest BCUT2D eigenvalue weighted by molar-refractivity contribution is 0.560. The molecule has 106 valence electrons. The molecule has 4 heteroatoms. The van der Waals surface area contributed by atoms with Crippen LogP contribution >= 0.6 is 23.2 Å². The summed E-state index contributed by atoms with van der Waals surface area (Å²) in [5.74, 6) is 0. The molecule has 0 spiro atoms. The van der Waals surface area contributed by atoms with Crippen LogP contribution in [0.1, 0.15) is 22.9 Å². The predicted octanol–water partition coefficient (Wildman–Crippen LogP) is 4.71. The summed E-state index contributed by atoms with van der Waals surface area (Å²) in [7, 11) is 0. The Morgan fingerprint density at radius 2 is 1.90 bits per heavy atom. The summed E-state index contributed by atoms with van der Waals surface area (Å²) in [6.45, 7) is 0.943. The van der Waals surface area contributed by atoms with Gasteiger partial charge in [-0.25, -0.2) is 0 Å². The van der Waals surface area contributed by atoms with Gasteiger partial charge in [-0.3, -0.25) is 0 Å². The van der Waals surface area contributed by atoms with Gasteiger partial charge in [0.15, 0.2) is 0 Å². The van der Waals surface area contributed by atoms with Crippen LogP contribution in [0.2, 0.25) is 10.0 Å². The fraction of sp³-hybridized carbons (Fsp3) is 0.176. The fourth-order valence-corrected chi connectivity index (χ4v) is 3.70. The van der Waals surface area contributed by atoms with Gasteiger partial charge < -0.3 is 10.3 Å². The lowest BCUT2D eigenvalue weighted by Gasteiger charge is -2.25. The molecule has 0 bridgehead atoms. The number of hydrogen-bond donors (Lipinski definition) is 2. The minimum Gasteiger partial charge on any atom is -0.357 e. The first-order valence-electron chi connectivity index (χ1n) is 7.02. The first-order valence-corrected chi connectivity index (χ1v) is 7.77. The lowest BCUT2D eigenvalue weighted by atomic mass is 9.94. The van der Waals surface area contributed by atoms with Gasteiger partial charge >= 0.3 is 0 Å². The van der Waals surface area contributed by atoms with Crippen molar-refractivity contribution in [3.63, 3.8) is 0 Å². The van der Waals surface area contributed by atoms with E-state index in [-0.39, 0.29) is 6.04 Å². The van der Waals surface area contributed by atoms with Crippen molar-refractivity contribution in [3.05, 3.63) is 69.3 Å². The van der Waals surface area contributed by atoms with E-state index in [0.717, 1.165) is 18.5 Å². The number of fused-ring (bicyclic) bond motifs is 3.